The molecule has 0 atom stereocenters. The van der Waals surface area contributed by atoms with Gasteiger partial charge in [0.05, 0.1) is 11.0 Å². The van der Waals surface area contributed by atoms with Crippen molar-refractivity contribution in [2.24, 2.45) is 5.92 Å². The van der Waals surface area contributed by atoms with Gasteiger partial charge in [-0.25, -0.2) is 13.1 Å². The number of ether oxygens (including phenoxy) is 2. The molecule has 1 aliphatic heterocycles. The van der Waals surface area contributed by atoms with Gasteiger partial charge in [0.25, 0.3) is 0 Å². The topological polar surface area (TPSA) is 84.9 Å². The molecular formula is C13H17NO5S. The summed E-state index contributed by atoms with van der Waals surface area (Å²) in [6.45, 7) is 1.25. The van der Waals surface area contributed by atoms with Gasteiger partial charge in [-0.3, -0.25) is 0 Å². The van der Waals surface area contributed by atoms with Gasteiger partial charge in [-0.1, -0.05) is 0 Å². The van der Waals surface area contributed by atoms with Gasteiger partial charge >= 0.3 is 0 Å². The maximum atomic E-state index is 12.2. The molecule has 1 aliphatic carbocycles. The monoisotopic (exact) mass is 299 g/mol. The zero-order valence-electron chi connectivity index (χ0n) is 10.9. The molecule has 1 fully saturated rings. The third-order valence-corrected chi connectivity index (χ3v) is 5.02. The van der Waals surface area contributed by atoms with E-state index < -0.39 is 10.0 Å². The van der Waals surface area contributed by atoms with E-state index in [0.717, 1.165) is 0 Å². The van der Waals surface area contributed by atoms with Crippen LogP contribution in [0.25, 0.3) is 0 Å². The first-order chi connectivity index (χ1) is 9.54. The molecule has 1 heterocycles. The van der Waals surface area contributed by atoms with Crippen molar-refractivity contribution in [2.45, 2.75) is 23.8 Å². The number of nitrogens with one attached hydrogen (secondary N) is 1. The number of sulfonamides is 1. The van der Waals surface area contributed by atoms with Crippen molar-refractivity contribution in [3.63, 3.8) is 0 Å². The molecular weight excluding hydrogens is 282 g/mol. The maximum absolute atomic E-state index is 12.2. The maximum Gasteiger partial charge on any atom is 0.240 e. The first-order valence-electron chi connectivity index (χ1n) is 6.62. The molecule has 2 N–H and O–H groups in total. The van der Waals surface area contributed by atoms with Crippen molar-refractivity contribution in [3.8, 4) is 11.5 Å². The zero-order chi connectivity index (χ0) is 14.2. The van der Waals surface area contributed by atoms with Crippen molar-refractivity contribution >= 4 is 10.0 Å². The number of benzene rings is 1. The van der Waals surface area contributed by atoms with Crippen LogP contribution in [0.5, 0.6) is 11.5 Å². The summed E-state index contributed by atoms with van der Waals surface area (Å²) < 4.78 is 37.7. The normalized spacial score (nSPS) is 25.1. The molecule has 110 valence electrons. The zero-order valence-corrected chi connectivity index (χ0v) is 11.7. The minimum atomic E-state index is -3.55. The lowest BCUT2D eigenvalue weighted by Crippen LogP contribution is -2.38. The van der Waals surface area contributed by atoms with E-state index in [0.29, 0.717) is 44.1 Å². The number of aliphatic hydroxyl groups excluding tert-OH is 1. The van der Waals surface area contributed by atoms with Gasteiger partial charge in [0.15, 0.2) is 11.5 Å². The molecule has 0 spiro atoms. The van der Waals surface area contributed by atoms with Crippen LogP contribution in [0.15, 0.2) is 23.1 Å². The summed E-state index contributed by atoms with van der Waals surface area (Å²) in [7, 11) is -3.55. The molecule has 2 aliphatic rings. The molecule has 1 aromatic carbocycles. The molecule has 0 aromatic heterocycles. The second kappa shape index (κ2) is 5.23. The summed E-state index contributed by atoms with van der Waals surface area (Å²) in [5, 5.41) is 9.19. The van der Waals surface area contributed by atoms with E-state index in [2.05, 4.69) is 4.72 Å². The van der Waals surface area contributed by atoms with Crippen LogP contribution in [0.4, 0.5) is 0 Å². The number of rotatable bonds is 4. The fourth-order valence-electron chi connectivity index (χ4n) is 2.37. The van der Waals surface area contributed by atoms with Crippen molar-refractivity contribution in [3.05, 3.63) is 18.2 Å². The van der Waals surface area contributed by atoms with Gasteiger partial charge < -0.3 is 14.6 Å². The summed E-state index contributed by atoms with van der Waals surface area (Å²) in [5.41, 5.74) is 0. The molecule has 0 unspecified atom stereocenters. The van der Waals surface area contributed by atoms with Gasteiger partial charge in [-0.15, -0.1) is 0 Å². The third-order valence-electron chi connectivity index (χ3n) is 3.60. The summed E-state index contributed by atoms with van der Waals surface area (Å²) in [5.74, 6) is 1.24. The quantitative estimate of drug-likeness (QED) is 0.846. The molecule has 3 rings (SSSR count). The van der Waals surface area contributed by atoms with Crippen molar-refractivity contribution < 1.29 is 23.0 Å². The van der Waals surface area contributed by atoms with Crippen molar-refractivity contribution in [2.75, 3.05) is 19.8 Å². The Kier molecular flexibility index (Phi) is 3.57. The summed E-state index contributed by atoms with van der Waals surface area (Å²) >= 11 is 0. The Bertz CT molecular complexity index is 595. The standard InChI is InChI=1S/C13H17NO5S/c15-10-5-9(6-10)8-14-20(16,17)11-1-2-12-13(7-11)19-4-3-18-12/h1-2,7,9-10,14-15H,3-6,8H2. The van der Waals surface area contributed by atoms with E-state index >= 15 is 0 Å². The van der Waals surface area contributed by atoms with Crippen molar-refractivity contribution in [1.29, 1.82) is 0 Å². The molecule has 7 heteroatoms. The first kappa shape index (κ1) is 13.7. The van der Waals surface area contributed by atoms with Crippen LogP contribution in [-0.4, -0.2) is 39.4 Å². The molecule has 0 amide bonds. The van der Waals surface area contributed by atoms with Crippen LogP contribution < -0.4 is 14.2 Å². The average Bonchev–Trinajstić information content (AvgIpc) is 2.42. The van der Waals surface area contributed by atoms with E-state index in [1.54, 1.807) is 6.07 Å². The number of fused-ring (bicyclic) bond motifs is 1. The average molecular weight is 299 g/mol. The minimum absolute atomic E-state index is 0.168. The Morgan fingerprint density at radius 1 is 1.20 bits per heavy atom. The second-order valence-electron chi connectivity index (χ2n) is 5.15. The van der Waals surface area contributed by atoms with Crippen LogP contribution in [0.1, 0.15) is 12.8 Å². The fourth-order valence-corrected chi connectivity index (χ4v) is 3.50. The van der Waals surface area contributed by atoms with E-state index in [4.69, 9.17) is 9.47 Å². The van der Waals surface area contributed by atoms with Gasteiger partial charge in [-0.2, -0.15) is 0 Å². The van der Waals surface area contributed by atoms with Crippen LogP contribution >= 0.6 is 0 Å². The smallest absolute Gasteiger partial charge is 0.240 e. The van der Waals surface area contributed by atoms with E-state index in [1.807, 2.05) is 0 Å². The molecule has 20 heavy (non-hydrogen) atoms. The van der Waals surface area contributed by atoms with Gasteiger partial charge in [-0.05, 0) is 30.9 Å². The van der Waals surface area contributed by atoms with Crippen LogP contribution in [0.3, 0.4) is 0 Å². The van der Waals surface area contributed by atoms with E-state index in [9.17, 15) is 13.5 Å². The molecule has 1 aromatic rings. The molecule has 0 saturated heterocycles. The highest BCUT2D eigenvalue weighted by Gasteiger charge is 2.28. The Labute approximate surface area is 117 Å². The molecule has 1 saturated carbocycles. The summed E-state index contributed by atoms with van der Waals surface area (Å²) in [6, 6.07) is 4.59. The summed E-state index contributed by atoms with van der Waals surface area (Å²) in [4.78, 5) is 0.168. The molecule has 0 bridgehead atoms. The number of aliphatic hydroxyl groups is 1. The second-order valence-corrected chi connectivity index (χ2v) is 6.92. The third kappa shape index (κ3) is 2.74. The minimum Gasteiger partial charge on any atom is -0.486 e. The number of hydrogen-bond acceptors (Lipinski definition) is 5. The van der Waals surface area contributed by atoms with Gasteiger partial charge in [0, 0.05) is 12.6 Å². The molecule has 6 nitrogen and oxygen atoms in total. The van der Waals surface area contributed by atoms with Crippen LogP contribution in [-0.2, 0) is 10.0 Å². The highest BCUT2D eigenvalue weighted by molar-refractivity contribution is 7.89. The predicted molar refractivity (Wildman–Crippen MR) is 71.4 cm³/mol. The van der Waals surface area contributed by atoms with Gasteiger partial charge in [0.2, 0.25) is 10.0 Å². The van der Waals surface area contributed by atoms with E-state index in [1.165, 1.54) is 12.1 Å². The first-order valence-corrected chi connectivity index (χ1v) is 8.10. The number of hydrogen-bond donors (Lipinski definition) is 2. The predicted octanol–water partition coefficient (Wildman–Crippen LogP) is 0.507. The Morgan fingerprint density at radius 3 is 2.60 bits per heavy atom. The highest BCUT2D eigenvalue weighted by Crippen LogP contribution is 2.32. The Balaban J connectivity index is 1.70. The Morgan fingerprint density at radius 2 is 1.90 bits per heavy atom. The van der Waals surface area contributed by atoms with Gasteiger partial charge in [0.1, 0.15) is 13.2 Å². The summed E-state index contributed by atoms with van der Waals surface area (Å²) in [6.07, 6.45) is 1.03. The fraction of sp³-hybridized carbons (Fsp3) is 0.538. The SMILES string of the molecule is O=S(=O)(NCC1CC(O)C1)c1ccc2c(c1)OCCO2. The molecule has 0 radical (unpaired) electrons. The highest BCUT2D eigenvalue weighted by atomic mass is 32.2. The van der Waals surface area contributed by atoms with E-state index in [-0.39, 0.29) is 16.9 Å². The lowest BCUT2D eigenvalue weighted by molar-refractivity contribution is 0.0453. The van der Waals surface area contributed by atoms with Crippen LogP contribution in [0.2, 0.25) is 0 Å². The largest absolute Gasteiger partial charge is 0.486 e. The van der Waals surface area contributed by atoms with Crippen molar-refractivity contribution in [1.82, 2.24) is 4.72 Å². The lowest BCUT2D eigenvalue weighted by Gasteiger charge is -2.31. The Hall–Kier alpha value is -1.31. The lowest BCUT2D eigenvalue weighted by atomic mass is 9.83. The van der Waals surface area contributed by atoms with Crippen LogP contribution in [0, 0.1) is 5.92 Å².